The Kier molecular flexibility index (Phi) is 9.25. The molecule has 2 aromatic carbocycles. The van der Waals surface area contributed by atoms with Crippen molar-refractivity contribution < 1.29 is 9.59 Å². The van der Waals surface area contributed by atoms with Gasteiger partial charge in [-0.05, 0) is 49.0 Å². The molecule has 0 aromatic heterocycles. The largest absolute Gasteiger partial charge is 0.351 e. The Morgan fingerprint density at radius 3 is 2.45 bits per heavy atom. The summed E-state index contributed by atoms with van der Waals surface area (Å²) in [5.41, 5.74) is 1.70. The third-order valence-electron chi connectivity index (χ3n) is 5.53. The van der Waals surface area contributed by atoms with Gasteiger partial charge in [-0.25, -0.2) is 0 Å². The predicted octanol–water partition coefficient (Wildman–Crippen LogP) is 3.97. The summed E-state index contributed by atoms with van der Waals surface area (Å²) in [5, 5.41) is 6.43. The molecule has 1 aliphatic rings. The fourth-order valence-electron chi connectivity index (χ4n) is 3.76. The van der Waals surface area contributed by atoms with Crippen molar-refractivity contribution in [3.05, 3.63) is 70.7 Å². The molecule has 0 spiro atoms. The molecule has 5 nitrogen and oxygen atoms in total. The van der Waals surface area contributed by atoms with Crippen LogP contribution in [0.4, 0.5) is 0 Å². The van der Waals surface area contributed by atoms with Crippen molar-refractivity contribution >= 4 is 35.2 Å². The number of amides is 2. The fourth-order valence-corrected chi connectivity index (χ4v) is 4.46. The molecule has 7 heteroatoms. The summed E-state index contributed by atoms with van der Waals surface area (Å²) in [5.74, 6) is 0.358. The van der Waals surface area contributed by atoms with E-state index < -0.39 is 6.04 Å². The van der Waals surface area contributed by atoms with Crippen LogP contribution in [0.15, 0.2) is 54.6 Å². The van der Waals surface area contributed by atoms with E-state index in [1.165, 1.54) is 5.56 Å². The van der Waals surface area contributed by atoms with Gasteiger partial charge in [-0.2, -0.15) is 11.8 Å². The van der Waals surface area contributed by atoms with Crippen molar-refractivity contribution in [2.45, 2.75) is 37.9 Å². The summed E-state index contributed by atoms with van der Waals surface area (Å²) in [4.78, 5) is 28.0. The molecule has 166 valence electrons. The number of nitrogens with zero attached hydrogens (tertiary/aromatic N) is 1. The molecule has 0 bridgehead atoms. The number of carbonyl (C=O) groups is 2. The lowest BCUT2D eigenvalue weighted by Crippen LogP contribution is -2.52. The van der Waals surface area contributed by atoms with Crippen molar-refractivity contribution in [3.63, 3.8) is 0 Å². The predicted molar refractivity (Wildman–Crippen MR) is 129 cm³/mol. The van der Waals surface area contributed by atoms with E-state index >= 15 is 0 Å². The summed E-state index contributed by atoms with van der Waals surface area (Å²) in [7, 11) is 0. The highest BCUT2D eigenvalue weighted by Gasteiger charge is 2.26. The number of nitrogens with one attached hydrogen (secondary N) is 2. The zero-order valence-corrected chi connectivity index (χ0v) is 19.4. The standard InChI is InChI=1S/C24H30ClN3O2S/c1-31-16-13-22(27-23(29)20-9-5-6-10-21(20)25)24(30)26-19-11-14-28(15-12-19)17-18-7-3-2-4-8-18/h2-10,19,22H,11-17H2,1H3,(H,26,30)(H,27,29)/t22-/m1/s1. The normalized spacial score (nSPS) is 15.9. The van der Waals surface area contributed by atoms with E-state index in [4.69, 9.17) is 11.6 Å². The van der Waals surface area contributed by atoms with Gasteiger partial charge in [0.15, 0.2) is 0 Å². The maximum absolute atomic E-state index is 13.0. The first-order valence-electron chi connectivity index (χ1n) is 10.7. The van der Waals surface area contributed by atoms with Gasteiger partial charge < -0.3 is 10.6 Å². The van der Waals surface area contributed by atoms with E-state index in [9.17, 15) is 9.59 Å². The van der Waals surface area contributed by atoms with Gasteiger partial charge in [0.2, 0.25) is 5.91 Å². The topological polar surface area (TPSA) is 61.4 Å². The van der Waals surface area contributed by atoms with E-state index in [1.807, 2.05) is 12.3 Å². The van der Waals surface area contributed by atoms with Gasteiger partial charge >= 0.3 is 0 Å². The molecule has 2 amide bonds. The lowest BCUT2D eigenvalue weighted by molar-refractivity contribution is -0.124. The summed E-state index contributed by atoms with van der Waals surface area (Å²) in [6.07, 6.45) is 4.39. The number of hydrogen-bond donors (Lipinski definition) is 2. The van der Waals surface area contributed by atoms with Crippen molar-refractivity contribution in [2.24, 2.45) is 0 Å². The molecule has 0 unspecified atom stereocenters. The van der Waals surface area contributed by atoms with Crippen molar-refractivity contribution in [1.29, 1.82) is 0 Å². The number of likely N-dealkylation sites (tertiary alicyclic amines) is 1. The molecule has 1 atom stereocenters. The van der Waals surface area contributed by atoms with Gasteiger partial charge in [0.05, 0.1) is 10.6 Å². The van der Waals surface area contributed by atoms with Crippen LogP contribution in [-0.4, -0.2) is 53.9 Å². The summed E-state index contributed by atoms with van der Waals surface area (Å²) >= 11 is 7.80. The minimum Gasteiger partial charge on any atom is -0.351 e. The van der Waals surface area contributed by atoms with E-state index in [2.05, 4.69) is 39.8 Å². The first-order valence-corrected chi connectivity index (χ1v) is 12.4. The van der Waals surface area contributed by atoms with Crippen LogP contribution in [-0.2, 0) is 11.3 Å². The van der Waals surface area contributed by atoms with Crippen LogP contribution < -0.4 is 10.6 Å². The quantitative estimate of drug-likeness (QED) is 0.595. The van der Waals surface area contributed by atoms with Crippen molar-refractivity contribution in [2.75, 3.05) is 25.1 Å². The Balaban J connectivity index is 1.52. The molecule has 2 aromatic rings. The van der Waals surface area contributed by atoms with Gasteiger partial charge in [0, 0.05) is 25.7 Å². The van der Waals surface area contributed by atoms with E-state index in [1.54, 1.807) is 36.0 Å². The second-order valence-corrected chi connectivity index (χ2v) is 9.22. The first-order chi connectivity index (χ1) is 15.1. The minimum atomic E-state index is -0.571. The molecule has 1 aliphatic heterocycles. The summed E-state index contributed by atoms with van der Waals surface area (Å²) in [6, 6.07) is 16.9. The number of halogens is 1. The number of benzene rings is 2. The van der Waals surface area contributed by atoms with Gasteiger partial charge in [0.25, 0.3) is 5.91 Å². The Hall–Kier alpha value is -2.02. The van der Waals surface area contributed by atoms with Gasteiger partial charge in [-0.3, -0.25) is 14.5 Å². The molecule has 2 N–H and O–H groups in total. The van der Waals surface area contributed by atoms with Gasteiger partial charge in [0.1, 0.15) is 6.04 Å². The van der Waals surface area contributed by atoms with E-state index in [-0.39, 0.29) is 17.9 Å². The van der Waals surface area contributed by atoms with Crippen LogP contribution in [0, 0.1) is 0 Å². The van der Waals surface area contributed by atoms with Gasteiger partial charge in [-0.1, -0.05) is 54.1 Å². The smallest absolute Gasteiger partial charge is 0.253 e. The number of hydrogen-bond acceptors (Lipinski definition) is 4. The second-order valence-electron chi connectivity index (χ2n) is 7.83. The third-order valence-corrected chi connectivity index (χ3v) is 6.51. The molecular formula is C24H30ClN3O2S. The highest BCUT2D eigenvalue weighted by Crippen LogP contribution is 2.16. The molecule has 3 rings (SSSR count). The maximum Gasteiger partial charge on any atom is 0.253 e. The molecule has 0 aliphatic carbocycles. The van der Waals surface area contributed by atoms with Crippen LogP contribution in [0.5, 0.6) is 0 Å². The Morgan fingerprint density at radius 1 is 1.10 bits per heavy atom. The highest BCUT2D eigenvalue weighted by molar-refractivity contribution is 7.98. The molecule has 0 radical (unpaired) electrons. The lowest BCUT2D eigenvalue weighted by Gasteiger charge is -2.33. The van der Waals surface area contributed by atoms with Crippen LogP contribution >= 0.6 is 23.4 Å². The molecule has 0 saturated carbocycles. The Morgan fingerprint density at radius 2 is 1.77 bits per heavy atom. The van der Waals surface area contributed by atoms with Crippen LogP contribution in [0.1, 0.15) is 35.2 Å². The third kappa shape index (κ3) is 7.27. The number of carbonyl (C=O) groups excluding carboxylic acids is 2. The molecule has 31 heavy (non-hydrogen) atoms. The average Bonchev–Trinajstić information content (AvgIpc) is 2.78. The SMILES string of the molecule is CSCC[C@@H](NC(=O)c1ccccc1Cl)C(=O)NC1CCN(Cc2ccccc2)CC1. The molecule has 1 fully saturated rings. The van der Waals surface area contributed by atoms with Crippen molar-refractivity contribution in [1.82, 2.24) is 15.5 Å². The first kappa shape index (κ1) is 23.6. The summed E-state index contributed by atoms with van der Waals surface area (Å²) < 4.78 is 0. The van der Waals surface area contributed by atoms with E-state index in [0.29, 0.717) is 17.0 Å². The Bertz CT molecular complexity index is 857. The average molecular weight is 460 g/mol. The number of rotatable bonds is 9. The Labute approximate surface area is 193 Å². The minimum absolute atomic E-state index is 0.115. The second kappa shape index (κ2) is 12.1. The van der Waals surface area contributed by atoms with Crippen LogP contribution in [0.3, 0.4) is 0 Å². The lowest BCUT2D eigenvalue weighted by atomic mass is 10.0. The zero-order valence-electron chi connectivity index (χ0n) is 17.9. The summed E-state index contributed by atoms with van der Waals surface area (Å²) in [6.45, 7) is 2.83. The number of thioether (sulfide) groups is 1. The van der Waals surface area contributed by atoms with Gasteiger partial charge in [-0.15, -0.1) is 0 Å². The molecule has 1 heterocycles. The fraction of sp³-hybridized carbons (Fsp3) is 0.417. The monoisotopic (exact) mass is 459 g/mol. The maximum atomic E-state index is 13.0. The number of piperidine rings is 1. The zero-order chi connectivity index (χ0) is 22.1. The van der Waals surface area contributed by atoms with Crippen molar-refractivity contribution in [3.8, 4) is 0 Å². The van der Waals surface area contributed by atoms with E-state index in [0.717, 1.165) is 38.2 Å². The van der Waals surface area contributed by atoms with Crippen LogP contribution in [0.25, 0.3) is 0 Å². The molecular weight excluding hydrogens is 430 g/mol. The highest BCUT2D eigenvalue weighted by atomic mass is 35.5. The van der Waals surface area contributed by atoms with Crippen LogP contribution in [0.2, 0.25) is 5.02 Å². The molecule has 1 saturated heterocycles.